The zero-order chi connectivity index (χ0) is 24.3. The summed E-state index contributed by atoms with van der Waals surface area (Å²) in [6.45, 7) is 11.4. The predicted octanol–water partition coefficient (Wildman–Crippen LogP) is 4.14. The van der Waals surface area contributed by atoms with Crippen molar-refractivity contribution in [1.29, 1.82) is 0 Å². The van der Waals surface area contributed by atoms with E-state index >= 15 is 0 Å². The highest BCUT2D eigenvalue weighted by Crippen LogP contribution is 2.24. The molecule has 3 amide bonds. The Hall–Kier alpha value is -2.22. The fraction of sp³-hybridized carbons (Fsp3) is 0.625. The fourth-order valence-corrected chi connectivity index (χ4v) is 3.69. The van der Waals surface area contributed by atoms with Crippen molar-refractivity contribution in [3.8, 4) is 0 Å². The molecule has 2 unspecified atom stereocenters. The fourth-order valence-electron chi connectivity index (χ4n) is 3.22. The molecule has 0 aliphatic rings. The minimum Gasteiger partial charge on any atom is -0.444 e. The topological polar surface area (TPSA) is 87.7 Å². The summed E-state index contributed by atoms with van der Waals surface area (Å²) in [7, 11) is 0. The van der Waals surface area contributed by atoms with Gasteiger partial charge in [-0.1, -0.05) is 37.3 Å². The van der Waals surface area contributed by atoms with Crippen LogP contribution in [0, 0.1) is 0 Å². The van der Waals surface area contributed by atoms with Crippen molar-refractivity contribution in [1.82, 2.24) is 15.5 Å². The third-order valence-electron chi connectivity index (χ3n) is 4.45. The van der Waals surface area contributed by atoms with Crippen LogP contribution in [0.2, 0.25) is 0 Å². The van der Waals surface area contributed by atoms with Gasteiger partial charge in [-0.05, 0) is 65.0 Å². The van der Waals surface area contributed by atoms with Crippen LogP contribution in [0.4, 0.5) is 4.79 Å². The molecule has 0 bridgehead atoms. The number of alkyl carbamates (subject to hydrolysis) is 1. The van der Waals surface area contributed by atoms with Crippen molar-refractivity contribution in [3.05, 3.63) is 35.9 Å². The number of rotatable bonds is 11. The van der Waals surface area contributed by atoms with Gasteiger partial charge < -0.3 is 20.3 Å². The van der Waals surface area contributed by atoms with Crippen molar-refractivity contribution >= 4 is 29.7 Å². The molecule has 0 aromatic heterocycles. The summed E-state index contributed by atoms with van der Waals surface area (Å²) in [5.74, 6) is 0.147. The normalized spacial score (nSPS) is 13.2. The van der Waals surface area contributed by atoms with Crippen molar-refractivity contribution < 1.29 is 19.1 Å². The molecule has 2 atom stereocenters. The molecular formula is C24H39N3O4S. The van der Waals surface area contributed by atoms with Crippen molar-refractivity contribution in [2.24, 2.45) is 0 Å². The summed E-state index contributed by atoms with van der Waals surface area (Å²) in [5, 5.41) is 5.68. The third kappa shape index (κ3) is 9.51. The summed E-state index contributed by atoms with van der Waals surface area (Å²) in [6.07, 6.45) is 2.41. The van der Waals surface area contributed by atoms with Crippen LogP contribution in [0.25, 0.3) is 0 Å². The molecule has 1 aromatic carbocycles. The van der Waals surface area contributed by atoms with E-state index in [-0.39, 0.29) is 17.9 Å². The first-order valence-corrected chi connectivity index (χ1v) is 12.5. The lowest BCUT2D eigenvalue weighted by molar-refractivity contribution is -0.142. The molecule has 0 heterocycles. The summed E-state index contributed by atoms with van der Waals surface area (Å²) < 4.78 is 5.38. The molecule has 1 rings (SSSR count). The summed E-state index contributed by atoms with van der Waals surface area (Å²) in [6, 6.07) is 7.62. The second-order valence-electron chi connectivity index (χ2n) is 8.99. The van der Waals surface area contributed by atoms with Gasteiger partial charge in [-0.25, -0.2) is 4.79 Å². The third-order valence-corrected chi connectivity index (χ3v) is 5.10. The summed E-state index contributed by atoms with van der Waals surface area (Å²) in [5.41, 5.74) is 0.0534. The van der Waals surface area contributed by atoms with Gasteiger partial charge in [-0.15, -0.1) is 0 Å². The van der Waals surface area contributed by atoms with Gasteiger partial charge in [0, 0.05) is 12.6 Å². The van der Waals surface area contributed by atoms with Crippen LogP contribution in [0.5, 0.6) is 0 Å². The lowest BCUT2D eigenvalue weighted by Crippen LogP contribution is -2.53. The smallest absolute Gasteiger partial charge is 0.408 e. The molecule has 0 saturated heterocycles. The molecule has 0 radical (unpaired) electrons. The molecule has 7 nitrogen and oxygen atoms in total. The minimum atomic E-state index is -0.790. The van der Waals surface area contributed by atoms with Crippen LogP contribution in [-0.4, -0.2) is 59.0 Å². The van der Waals surface area contributed by atoms with Crippen LogP contribution < -0.4 is 10.6 Å². The molecule has 0 aliphatic heterocycles. The predicted molar refractivity (Wildman–Crippen MR) is 131 cm³/mol. The molecule has 1 aromatic rings. The van der Waals surface area contributed by atoms with Crippen molar-refractivity contribution in [2.45, 2.75) is 78.1 Å². The number of carbonyl (C=O) groups is 3. The number of thioether (sulfide) groups is 1. The maximum Gasteiger partial charge on any atom is 0.408 e. The van der Waals surface area contributed by atoms with Gasteiger partial charge in [-0.3, -0.25) is 9.59 Å². The monoisotopic (exact) mass is 465 g/mol. The molecule has 0 fully saturated rings. The van der Waals surface area contributed by atoms with Crippen LogP contribution in [-0.2, 0) is 14.3 Å². The first kappa shape index (κ1) is 27.8. The molecule has 2 N–H and O–H groups in total. The van der Waals surface area contributed by atoms with E-state index in [0.29, 0.717) is 25.1 Å². The number of benzene rings is 1. The van der Waals surface area contributed by atoms with Crippen LogP contribution in [0.1, 0.15) is 66.0 Å². The first-order valence-electron chi connectivity index (χ1n) is 11.1. The minimum absolute atomic E-state index is 0.0699. The van der Waals surface area contributed by atoms with Gasteiger partial charge in [0.2, 0.25) is 11.8 Å². The van der Waals surface area contributed by atoms with Gasteiger partial charge in [0.1, 0.15) is 17.7 Å². The Morgan fingerprint density at radius 1 is 1.09 bits per heavy atom. The molecular weight excluding hydrogens is 426 g/mol. The number of hydrogen-bond donors (Lipinski definition) is 2. The quantitative estimate of drug-likeness (QED) is 0.513. The number of nitrogens with zero attached hydrogens (tertiary/aromatic N) is 1. The van der Waals surface area contributed by atoms with Gasteiger partial charge in [0.05, 0.1) is 0 Å². The van der Waals surface area contributed by atoms with E-state index in [0.717, 1.165) is 5.56 Å². The standard InChI is InChI=1S/C24H39N3O4S/c1-8-15-27(20(21(28)25-17(2)3)18-12-10-9-11-13-18)22(29)19(14-16-32-7)26-23(30)31-24(4,5)6/h9-13,17,19-20H,8,14-16H2,1-7H3,(H,25,28)(H,26,30). The molecule has 180 valence electrons. The Morgan fingerprint density at radius 3 is 2.22 bits per heavy atom. The highest BCUT2D eigenvalue weighted by atomic mass is 32.2. The SMILES string of the molecule is CCCN(C(=O)C(CCSC)NC(=O)OC(C)(C)C)C(C(=O)NC(C)C)c1ccccc1. The van der Waals surface area contributed by atoms with Crippen molar-refractivity contribution in [3.63, 3.8) is 0 Å². The van der Waals surface area contributed by atoms with E-state index in [1.54, 1.807) is 37.4 Å². The summed E-state index contributed by atoms with van der Waals surface area (Å²) >= 11 is 1.59. The van der Waals surface area contributed by atoms with Crippen LogP contribution >= 0.6 is 11.8 Å². The Bertz CT molecular complexity index is 735. The van der Waals surface area contributed by atoms with E-state index < -0.39 is 23.8 Å². The lowest BCUT2D eigenvalue weighted by Gasteiger charge is -2.34. The Labute approximate surface area is 197 Å². The zero-order valence-electron chi connectivity index (χ0n) is 20.4. The van der Waals surface area contributed by atoms with E-state index in [2.05, 4.69) is 10.6 Å². The second-order valence-corrected chi connectivity index (χ2v) is 9.97. The highest BCUT2D eigenvalue weighted by molar-refractivity contribution is 7.98. The highest BCUT2D eigenvalue weighted by Gasteiger charge is 2.35. The number of nitrogens with one attached hydrogen (secondary N) is 2. The van der Waals surface area contributed by atoms with E-state index in [1.807, 2.05) is 57.4 Å². The summed E-state index contributed by atoms with van der Waals surface area (Å²) in [4.78, 5) is 40.9. The molecule has 0 spiro atoms. The Morgan fingerprint density at radius 2 is 1.72 bits per heavy atom. The number of ether oxygens (including phenoxy) is 1. The van der Waals surface area contributed by atoms with E-state index in [9.17, 15) is 14.4 Å². The van der Waals surface area contributed by atoms with Gasteiger partial charge in [0.25, 0.3) is 0 Å². The zero-order valence-corrected chi connectivity index (χ0v) is 21.3. The van der Waals surface area contributed by atoms with Crippen LogP contribution in [0.15, 0.2) is 30.3 Å². The maximum absolute atomic E-state index is 13.7. The van der Waals surface area contributed by atoms with E-state index in [4.69, 9.17) is 4.74 Å². The average molecular weight is 466 g/mol. The van der Waals surface area contributed by atoms with Gasteiger partial charge in [0.15, 0.2) is 0 Å². The number of amides is 3. The Balaban J connectivity index is 3.30. The number of carbonyl (C=O) groups excluding carboxylic acids is 3. The molecule has 0 aliphatic carbocycles. The molecule has 0 saturated carbocycles. The van der Waals surface area contributed by atoms with Gasteiger partial charge in [-0.2, -0.15) is 11.8 Å². The second kappa shape index (κ2) is 13.4. The average Bonchev–Trinajstić information content (AvgIpc) is 2.69. The maximum atomic E-state index is 13.7. The number of hydrogen-bond acceptors (Lipinski definition) is 5. The van der Waals surface area contributed by atoms with Crippen LogP contribution in [0.3, 0.4) is 0 Å². The molecule has 8 heteroatoms. The van der Waals surface area contributed by atoms with E-state index in [1.165, 1.54) is 0 Å². The first-order chi connectivity index (χ1) is 15.0. The largest absolute Gasteiger partial charge is 0.444 e. The van der Waals surface area contributed by atoms with Crippen molar-refractivity contribution in [2.75, 3.05) is 18.6 Å². The Kier molecular flexibility index (Phi) is 11.6. The lowest BCUT2D eigenvalue weighted by atomic mass is 10.0. The molecule has 32 heavy (non-hydrogen) atoms. The van der Waals surface area contributed by atoms with Gasteiger partial charge >= 0.3 is 6.09 Å².